The van der Waals surface area contributed by atoms with E-state index in [0.717, 1.165) is 42.0 Å². The van der Waals surface area contributed by atoms with Gasteiger partial charge in [0.25, 0.3) is 11.5 Å². The third-order valence-electron chi connectivity index (χ3n) is 9.59. The molecule has 1 atom stereocenters. The van der Waals surface area contributed by atoms with Gasteiger partial charge in [0, 0.05) is 59.3 Å². The SMILES string of the molecule is Cc1ccn(C2CN(C3CCC([C@@H](C)c4sc5c(c4C)C(=O)N(Cc4c(C)cc(C)[nH]c4=O)CC5)CC3)C2)n1. The highest BCUT2D eigenvalue weighted by Crippen LogP contribution is 2.44. The number of likely N-dealkylation sites (tertiary alicyclic amines) is 1. The number of hydrogen-bond acceptors (Lipinski definition) is 5. The Bertz CT molecular complexity index is 1440. The molecule has 2 aliphatic heterocycles. The van der Waals surface area contributed by atoms with Gasteiger partial charge in [-0.15, -0.1) is 11.3 Å². The van der Waals surface area contributed by atoms with Crippen molar-refractivity contribution >= 4 is 17.2 Å². The Morgan fingerprint density at radius 3 is 2.49 bits per heavy atom. The summed E-state index contributed by atoms with van der Waals surface area (Å²) >= 11 is 1.87. The number of carbonyl (C=O) groups excluding carboxylic acids is 1. The molecule has 1 amide bonds. The average molecular weight is 548 g/mol. The molecule has 5 heterocycles. The van der Waals surface area contributed by atoms with E-state index < -0.39 is 0 Å². The molecule has 0 radical (unpaired) electrons. The van der Waals surface area contributed by atoms with Crippen molar-refractivity contribution in [2.45, 2.75) is 91.3 Å². The lowest BCUT2D eigenvalue weighted by atomic mass is 9.76. The van der Waals surface area contributed by atoms with E-state index in [0.29, 0.717) is 42.6 Å². The summed E-state index contributed by atoms with van der Waals surface area (Å²) in [6.07, 6.45) is 8.03. The summed E-state index contributed by atoms with van der Waals surface area (Å²) in [4.78, 5) is 36.3. The second kappa shape index (κ2) is 10.4. The second-order valence-electron chi connectivity index (χ2n) is 12.2. The van der Waals surface area contributed by atoms with Crippen LogP contribution in [0.2, 0.25) is 0 Å². The average Bonchev–Trinajstić information content (AvgIpc) is 3.45. The van der Waals surface area contributed by atoms with Gasteiger partial charge in [-0.1, -0.05) is 6.92 Å². The van der Waals surface area contributed by atoms with Gasteiger partial charge in [0.2, 0.25) is 0 Å². The highest BCUT2D eigenvalue weighted by Gasteiger charge is 2.38. The molecular formula is C31H41N5O2S. The Kier molecular flexibility index (Phi) is 7.04. The molecule has 3 aliphatic rings. The summed E-state index contributed by atoms with van der Waals surface area (Å²) in [5.41, 5.74) is 5.60. The van der Waals surface area contributed by atoms with E-state index >= 15 is 0 Å². The van der Waals surface area contributed by atoms with E-state index in [1.54, 1.807) is 0 Å². The fraction of sp³-hybridized carbons (Fsp3) is 0.581. The number of rotatable bonds is 6. The molecule has 1 saturated heterocycles. The van der Waals surface area contributed by atoms with E-state index in [1.807, 2.05) is 36.2 Å². The molecule has 7 nitrogen and oxygen atoms in total. The first-order valence-electron chi connectivity index (χ1n) is 14.6. The van der Waals surface area contributed by atoms with Crippen molar-refractivity contribution in [3.63, 3.8) is 0 Å². The minimum atomic E-state index is -0.0803. The summed E-state index contributed by atoms with van der Waals surface area (Å²) in [5, 5.41) is 4.61. The van der Waals surface area contributed by atoms with Crippen LogP contribution in [0.3, 0.4) is 0 Å². The number of nitrogens with zero attached hydrogens (tertiary/aromatic N) is 4. The van der Waals surface area contributed by atoms with Crippen LogP contribution in [-0.2, 0) is 13.0 Å². The molecule has 0 unspecified atom stereocenters. The summed E-state index contributed by atoms with van der Waals surface area (Å²) in [5.74, 6) is 1.23. The standard InChI is InChI=1S/C31H41N5O2S/c1-18-14-20(3)32-30(37)26(18)17-34-12-11-27-28(31(34)38)22(5)29(39-27)21(4)23-6-8-24(9-7-23)35-15-25(16-35)36-13-10-19(2)33-36/h10,13-14,21,23-25H,6-9,11-12,15-17H2,1-5H3,(H,32,37)/t21-,23?,24?/m1/s1. The Hall–Kier alpha value is -2.71. The molecule has 6 rings (SSSR count). The number of aromatic amines is 1. The van der Waals surface area contributed by atoms with Gasteiger partial charge in [0.05, 0.1) is 23.8 Å². The van der Waals surface area contributed by atoms with E-state index in [2.05, 4.69) is 52.7 Å². The number of thiophene rings is 1. The van der Waals surface area contributed by atoms with E-state index in [4.69, 9.17) is 0 Å². The van der Waals surface area contributed by atoms with E-state index in [-0.39, 0.29) is 11.5 Å². The zero-order chi connectivity index (χ0) is 27.4. The normalized spacial score (nSPS) is 23.1. The first-order chi connectivity index (χ1) is 18.7. The zero-order valence-electron chi connectivity index (χ0n) is 23.9. The summed E-state index contributed by atoms with van der Waals surface area (Å²) in [7, 11) is 0. The van der Waals surface area contributed by atoms with Gasteiger partial charge >= 0.3 is 0 Å². The molecule has 1 saturated carbocycles. The molecule has 3 aromatic rings. The quantitative estimate of drug-likeness (QED) is 0.456. The number of nitrogens with one attached hydrogen (secondary N) is 1. The number of H-pyrrole nitrogens is 1. The van der Waals surface area contributed by atoms with Gasteiger partial charge in [-0.3, -0.25) is 19.2 Å². The summed E-state index contributed by atoms with van der Waals surface area (Å²) < 4.78 is 2.14. The van der Waals surface area contributed by atoms with Crippen LogP contribution in [-0.4, -0.2) is 56.1 Å². The molecule has 0 aromatic carbocycles. The van der Waals surface area contributed by atoms with Gasteiger partial charge in [-0.25, -0.2) is 0 Å². The van der Waals surface area contributed by atoms with Crippen molar-refractivity contribution in [1.29, 1.82) is 0 Å². The number of amides is 1. The smallest absolute Gasteiger partial charge is 0.255 e. The fourth-order valence-corrected chi connectivity index (χ4v) is 8.60. The van der Waals surface area contributed by atoms with Crippen LogP contribution in [0.4, 0.5) is 0 Å². The monoisotopic (exact) mass is 547 g/mol. The van der Waals surface area contributed by atoms with E-state index in [9.17, 15) is 9.59 Å². The van der Waals surface area contributed by atoms with Gasteiger partial charge in [0.15, 0.2) is 0 Å². The maximum atomic E-state index is 13.6. The highest BCUT2D eigenvalue weighted by molar-refractivity contribution is 7.12. The highest BCUT2D eigenvalue weighted by atomic mass is 32.1. The number of carbonyl (C=O) groups is 1. The topological polar surface area (TPSA) is 74.2 Å². The van der Waals surface area contributed by atoms with Crippen LogP contribution in [0.15, 0.2) is 23.1 Å². The van der Waals surface area contributed by atoms with Crippen molar-refractivity contribution in [2.75, 3.05) is 19.6 Å². The van der Waals surface area contributed by atoms with Gasteiger partial charge in [-0.05, 0) is 88.5 Å². The van der Waals surface area contributed by atoms with Gasteiger partial charge in [-0.2, -0.15) is 5.10 Å². The minimum Gasteiger partial charge on any atom is -0.334 e. The van der Waals surface area contributed by atoms with Crippen LogP contribution >= 0.6 is 11.3 Å². The van der Waals surface area contributed by atoms with Crippen molar-refractivity contribution in [2.24, 2.45) is 5.92 Å². The number of pyridine rings is 1. The Labute approximate surface area is 235 Å². The third kappa shape index (κ3) is 4.91. The molecule has 39 heavy (non-hydrogen) atoms. The maximum absolute atomic E-state index is 13.6. The third-order valence-corrected chi connectivity index (χ3v) is 11.1. The molecule has 208 valence electrons. The Morgan fingerprint density at radius 1 is 1.08 bits per heavy atom. The number of aromatic nitrogens is 3. The molecule has 2 fully saturated rings. The van der Waals surface area contributed by atoms with Crippen LogP contribution in [0.25, 0.3) is 0 Å². The van der Waals surface area contributed by atoms with Crippen molar-refractivity contribution in [3.8, 4) is 0 Å². The van der Waals surface area contributed by atoms with Crippen molar-refractivity contribution in [1.82, 2.24) is 24.6 Å². The second-order valence-corrected chi connectivity index (χ2v) is 13.3. The predicted octanol–water partition coefficient (Wildman–Crippen LogP) is 5.28. The predicted molar refractivity (Wildman–Crippen MR) is 156 cm³/mol. The van der Waals surface area contributed by atoms with Gasteiger partial charge < -0.3 is 9.88 Å². The number of hydrogen-bond donors (Lipinski definition) is 1. The molecule has 0 bridgehead atoms. The first kappa shape index (κ1) is 26.5. The number of fused-ring (bicyclic) bond motifs is 1. The zero-order valence-corrected chi connectivity index (χ0v) is 24.7. The van der Waals surface area contributed by atoms with Crippen LogP contribution < -0.4 is 5.56 Å². The fourth-order valence-electron chi connectivity index (χ4n) is 7.17. The Morgan fingerprint density at radius 2 is 1.82 bits per heavy atom. The van der Waals surface area contributed by atoms with Crippen LogP contribution in [0, 0.1) is 33.6 Å². The van der Waals surface area contributed by atoms with E-state index in [1.165, 1.54) is 41.0 Å². The molecule has 1 aliphatic carbocycles. The van der Waals surface area contributed by atoms with Crippen molar-refractivity contribution in [3.05, 3.63) is 72.1 Å². The molecule has 0 spiro atoms. The molecule has 8 heteroatoms. The van der Waals surface area contributed by atoms with Gasteiger partial charge in [0.1, 0.15) is 0 Å². The molecular weight excluding hydrogens is 506 g/mol. The summed E-state index contributed by atoms with van der Waals surface area (Å²) in [6, 6.07) is 5.31. The molecule has 3 aromatic heterocycles. The maximum Gasteiger partial charge on any atom is 0.255 e. The lowest BCUT2D eigenvalue weighted by molar-refractivity contribution is 0.0269. The summed E-state index contributed by atoms with van der Waals surface area (Å²) in [6.45, 7) is 13.7. The molecule has 1 N–H and O–H groups in total. The lowest BCUT2D eigenvalue weighted by Gasteiger charge is -2.47. The first-order valence-corrected chi connectivity index (χ1v) is 15.4. The van der Waals surface area contributed by atoms with Crippen LogP contribution in [0.1, 0.15) is 92.8 Å². The van der Waals surface area contributed by atoms with Crippen molar-refractivity contribution < 1.29 is 4.79 Å². The Balaban J connectivity index is 1.09. The minimum absolute atomic E-state index is 0.0803. The lowest BCUT2D eigenvalue weighted by Crippen LogP contribution is -2.53. The number of aryl methyl sites for hydroxylation is 3. The van der Waals surface area contributed by atoms with Crippen LogP contribution in [0.5, 0.6) is 0 Å². The largest absolute Gasteiger partial charge is 0.334 e.